The minimum atomic E-state index is 0.628. The van der Waals surface area contributed by atoms with E-state index in [0.29, 0.717) is 23.4 Å². The summed E-state index contributed by atoms with van der Waals surface area (Å²) in [5, 5.41) is 2.32. The molecule has 6 heteroatoms. The maximum absolute atomic E-state index is 5.21. The molecule has 0 saturated heterocycles. The number of aromatic nitrogens is 4. The van der Waals surface area contributed by atoms with Crippen molar-refractivity contribution in [3.63, 3.8) is 0 Å². The molecule has 1 fully saturated rings. The summed E-state index contributed by atoms with van der Waals surface area (Å²) in [5.41, 5.74) is 25.5. The molecule has 1 aliphatic rings. The number of hydrogen-bond acceptors (Lipinski definition) is 5. The molecule has 0 amide bonds. The molecule has 386 valence electrons. The zero-order chi connectivity index (χ0) is 53.8. The molecule has 12 rings (SSSR count). The second-order valence-electron chi connectivity index (χ2n) is 22.2. The molecule has 1 saturated carbocycles. The second-order valence-corrected chi connectivity index (χ2v) is 22.2. The minimum absolute atomic E-state index is 0.628. The maximum atomic E-state index is 5.21. The number of anilines is 6. The molecule has 0 radical (unpaired) electrons. The Balaban J connectivity index is 1.03. The van der Waals surface area contributed by atoms with Gasteiger partial charge >= 0.3 is 0 Å². The third-order valence-corrected chi connectivity index (χ3v) is 16.2. The van der Waals surface area contributed by atoms with Crippen LogP contribution < -0.4 is 9.80 Å². The van der Waals surface area contributed by atoms with Gasteiger partial charge in [0, 0.05) is 67.3 Å². The fraction of sp³-hybridized carbons (Fsp3) is 0.208. The highest BCUT2D eigenvalue weighted by atomic mass is 15.2. The van der Waals surface area contributed by atoms with E-state index in [0.717, 1.165) is 78.3 Å². The molecular weight excluding hydrogens is 949 g/mol. The van der Waals surface area contributed by atoms with Crippen molar-refractivity contribution < 1.29 is 0 Å². The zero-order valence-electron chi connectivity index (χ0n) is 46.6. The van der Waals surface area contributed by atoms with E-state index in [4.69, 9.17) is 15.0 Å². The topological polar surface area (TPSA) is 50.1 Å². The van der Waals surface area contributed by atoms with Crippen LogP contribution in [0.1, 0.15) is 93.7 Å². The monoisotopic (exact) mass is 1020 g/mol. The maximum Gasteiger partial charge on any atom is 0.164 e. The Labute approximate surface area is 460 Å². The fourth-order valence-corrected chi connectivity index (χ4v) is 12.2. The number of nitrogens with zero attached hydrogens (tertiary/aromatic N) is 6. The molecule has 6 nitrogen and oxygen atoms in total. The first-order chi connectivity index (χ1) is 37.8. The molecule has 0 atom stereocenters. The number of rotatable bonds is 11. The molecule has 0 aliphatic heterocycles. The summed E-state index contributed by atoms with van der Waals surface area (Å²) >= 11 is 0. The smallest absolute Gasteiger partial charge is 0.164 e. The standard InChI is InChI=1S/C72H68N6/c1-45-15-21-56(22-16-45)70-73-71(57-25-23-55(24-26-57)54-13-11-10-12-14-54)75-72(74-70)58-27-29-59(30-28-58)76-68-37-31-60(77(64-33-17-46(2)39-50(64)6)65-34-18-47(3)40-51(65)7)43-62(68)63-44-61(32-38-69(63)76)78(66-35-19-48(4)41-52(66)8)67-36-20-49(5)42-53(67)9/h15-44,54H,10-14H2,1-9H3. The zero-order valence-corrected chi connectivity index (χ0v) is 46.6. The van der Waals surface area contributed by atoms with E-state index in [9.17, 15) is 0 Å². The molecule has 0 N–H and O–H groups in total. The summed E-state index contributed by atoms with van der Waals surface area (Å²) in [5.74, 6) is 2.61. The van der Waals surface area contributed by atoms with E-state index in [2.05, 4.69) is 259 Å². The van der Waals surface area contributed by atoms with Gasteiger partial charge in [0.2, 0.25) is 0 Å². The van der Waals surface area contributed by atoms with Crippen molar-refractivity contribution in [1.29, 1.82) is 0 Å². The van der Waals surface area contributed by atoms with Gasteiger partial charge in [-0.2, -0.15) is 0 Å². The molecule has 78 heavy (non-hydrogen) atoms. The summed E-state index contributed by atoms with van der Waals surface area (Å²) in [6, 6.07) is 67.4. The molecule has 2 heterocycles. The van der Waals surface area contributed by atoms with Crippen LogP contribution in [-0.2, 0) is 0 Å². The Kier molecular flexibility index (Phi) is 13.3. The Hall–Kier alpha value is -8.61. The van der Waals surface area contributed by atoms with Gasteiger partial charge in [-0.25, -0.2) is 15.0 Å². The number of benzene rings is 9. The predicted octanol–water partition coefficient (Wildman–Crippen LogP) is 19.7. The lowest BCUT2D eigenvalue weighted by atomic mass is 9.84. The summed E-state index contributed by atoms with van der Waals surface area (Å²) in [7, 11) is 0. The van der Waals surface area contributed by atoms with Crippen molar-refractivity contribution in [2.75, 3.05) is 9.80 Å². The minimum Gasteiger partial charge on any atom is -0.310 e. The van der Waals surface area contributed by atoms with Crippen LogP contribution in [-0.4, -0.2) is 19.5 Å². The van der Waals surface area contributed by atoms with Crippen molar-refractivity contribution >= 4 is 55.9 Å². The molecule has 0 unspecified atom stereocenters. The number of fused-ring (bicyclic) bond motifs is 3. The number of hydrogen-bond donors (Lipinski definition) is 0. The Morgan fingerprint density at radius 3 is 1.06 bits per heavy atom. The summed E-state index contributed by atoms with van der Waals surface area (Å²) < 4.78 is 2.42. The van der Waals surface area contributed by atoms with Crippen LogP contribution in [0.2, 0.25) is 0 Å². The van der Waals surface area contributed by atoms with Gasteiger partial charge in [0.15, 0.2) is 17.5 Å². The van der Waals surface area contributed by atoms with Crippen LogP contribution in [0, 0.1) is 62.3 Å². The molecule has 9 aromatic carbocycles. The predicted molar refractivity (Wildman–Crippen MR) is 328 cm³/mol. The second kappa shape index (κ2) is 20.7. The SMILES string of the molecule is Cc1ccc(-c2nc(-c3ccc(C4CCCCC4)cc3)nc(-c3ccc(-n4c5ccc(N(c6ccc(C)cc6C)c6ccc(C)cc6C)cc5c5cc(N(c6ccc(C)cc6C)c6ccc(C)cc6C)ccc54)cc3)n2)cc1. The largest absolute Gasteiger partial charge is 0.310 e. The Morgan fingerprint density at radius 1 is 0.346 bits per heavy atom. The highest BCUT2D eigenvalue weighted by molar-refractivity contribution is 6.12. The normalized spacial score (nSPS) is 12.9. The van der Waals surface area contributed by atoms with E-state index in [1.54, 1.807) is 0 Å². The fourth-order valence-electron chi connectivity index (χ4n) is 12.2. The average Bonchev–Trinajstić information content (AvgIpc) is 4.04. The first-order valence-corrected chi connectivity index (χ1v) is 27.9. The van der Waals surface area contributed by atoms with Crippen LogP contribution in [0.4, 0.5) is 34.1 Å². The van der Waals surface area contributed by atoms with E-state index < -0.39 is 0 Å². The first-order valence-electron chi connectivity index (χ1n) is 27.9. The summed E-state index contributed by atoms with van der Waals surface area (Å²) in [6.45, 7) is 19.7. The number of aryl methyl sites for hydroxylation is 9. The molecule has 1 aliphatic carbocycles. The van der Waals surface area contributed by atoms with Crippen LogP contribution in [0.5, 0.6) is 0 Å². The third kappa shape index (κ3) is 9.66. The summed E-state index contributed by atoms with van der Waals surface area (Å²) in [6.07, 6.45) is 6.49. The van der Waals surface area contributed by atoms with Crippen LogP contribution >= 0.6 is 0 Å². The van der Waals surface area contributed by atoms with Crippen LogP contribution in [0.25, 0.3) is 61.7 Å². The Morgan fingerprint density at radius 2 is 0.692 bits per heavy atom. The first kappa shape index (κ1) is 50.2. The van der Waals surface area contributed by atoms with E-state index >= 15 is 0 Å². The average molecular weight is 1020 g/mol. The van der Waals surface area contributed by atoms with Gasteiger partial charge < -0.3 is 14.4 Å². The van der Waals surface area contributed by atoms with Gasteiger partial charge in [0.25, 0.3) is 0 Å². The molecule has 2 aromatic heterocycles. The summed E-state index contributed by atoms with van der Waals surface area (Å²) in [4.78, 5) is 20.4. The lowest BCUT2D eigenvalue weighted by Crippen LogP contribution is -2.13. The highest BCUT2D eigenvalue weighted by Crippen LogP contribution is 2.46. The molecule has 0 spiro atoms. The quantitative estimate of drug-likeness (QED) is 0.129. The third-order valence-electron chi connectivity index (χ3n) is 16.2. The van der Waals surface area contributed by atoms with Gasteiger partial charge in [-0.3, -0.25) is 0 Å². The van der Waals surface area contributed by atoms with Gasteiger partial charge in [0.1, 0.15) is 0 Å². The van der Waals surface area contributed by atoms with Gasteiger partial charge in [-0.1, -0.05) is 144 Å². The van der Waals surface area contributed by atoms with Crippen LogP contribution in [0.15, 0.2) is 182 Å². The molecule has 11 aromatic rings. The van der Waals surface area contributed by atoms with Crippen LogP contribution in [0.3, 0.4) is 0 Å². The van der Waals surface area contributed by atoms with Crippen molar-refractivity contribution in [2.24, 2.45) is 0 Å². The van der Waals surface area contributed by atoms with Gasteiger partial charge in [0.05, 0.1) is 11.0 Å². The van der Waals surface area contributed by atoms with E-state index in [1.807, 2.05) is 0 Å². The molecular formula is C72H68N6. The van der Waals surface area contributed by atoms with Gasteiger partial charge in [-0.05, 0) is 194 Å². The Bertz CT molecular complexity index is 3780. The molecule has 0 bridgehead atoms. The lowest BCUT2D eigenvalue weighted by Gasteiger charge is -2.29. The van der Waals surface area contributed by atoms with Crippen molar-refractivity contribution in [2.45, 2.75) is 100 Å². The van der Waals surface area contributed by atoms with Crippen molar-refractivity contribution in [3.8, 4) is 39.9 Å². The van der Waals surface area contributed by atoms with E-state index in [-0.39, 0.29) is 0 Å². The van der Waals surface area contributed by atoms with Gasteiger partial charge in [-0.15, -0.1) is 0 Å². The van der Waals surface area contributed by atoms with E-state index in [1.165, 1.54) is 87.7 Å². The van der Waals surface area contributed by atoms with Crippen molar-refractivity contribution in [3.05, 3.63) is 238 Å². The lowest BCUT2D eigenvalue weighted by molar-refractivity contribution is 0.443. The highest BCUT2D eigenvalue weighted by Gasteiger charge is 2.24. The van der Waals surface area contributed by atoms with Crippen molar-refractivity contribution in [1.82, 2.24) is 19.5 Å².